The number of aromatic nitrogens is 5. The van der Waals surface area contributed by atoms with Crippen molar-refractivity contribution in [3.05, 3.63) is 18.6 Å². The number of amides is 2. The number of piperidine rings is 1. The molecule has 148 valence electrons. The minimum Gasteiger partial charge on any atom is -0.466 e. The minimum atomic E-state index is -0.182. The zero-order valence-corrected chi connectivity index (χ0v) is 16.7. The summed E-state index contributed by atoms with van der Waals surface area (Å²) in [5.41, 5.74) is 0.806. The summed E-state index contributed by atoms with van der Waals surface area (Å²) in [6.45, 7) is 3.49. The summed E-state index contributed by atoms with van der Waals surface area (Å²) in [5, 5.41) is 4.21. The van der Waals surface area contributed by atoms with Crippen molar-refractivity contribution in [1.29, 1.82) is 0 Å². The molecule has 4 heterocycles. The molecule has 2 N–H and O–H groups in total. The van der Waals surface area contributed by atoms with E-state index in [1.54, 1.807) is 6.33 Å². The van der Waals surface area contributed by atoms with Crippen molar-refractivity contribution < 1.29 is 9.53 Å². The number of hydrogen-bond donors (Lipinski definition) is 2. The summed E-state index contributed by atoms with van der Waals surface area (Å²) >= 11 is 1.10. The van der Waals surface area contributed by atoms with Crippen LogP contribution in [0, 0.1) is 5.92 Å². The number of anilines is 2. The molecule has 1 aliphatic rings. The van der Waals surface area contributed by atoms with Crippen LogP contribution in [0.5, 0.6) is 6.01 Å². The van der Waals surface area contributed by atoms with Gasteiger partial charge in [0.1, 0.15) is 17.8 Å². The van der Waals surface area contributed by atoms with Gasteiger partial charge < -0.3 is 19.5 Å². The first kappa shape index (κ1) is 18.4. The zero-order chi connectivity index (χ0) is 19.7. The molecule has 3 aromatic rings. The number of rotatable bonds is 4. The van der Waals surface area contributed by atoms with Gasteiger partial charge in [0.15, 0.2) is 0 Å². The van der Waals surface area contributed by atoms with E-state index in [1.165, 1.54) is 7.11 Å². The molecule has 0 bridgehead atoms. The molecule has 0 aliphatic carbocycles. The number of likely N-dealkylation sites (tertiary alicyclic amines) is 1. The lowest BCUT2D eigenvalue weighted by Gasteiger charge is -2.42. The summed E-state index contributed by atoms with van der Waals surface area (Å²) in [4.78, 5) is 32.6. The average molecular weight is 402 g/mol. The van der Waals surface area contributed by atoms with Crippen LogP contribution in [0.3, 0.4) is 0 Å². The third kappa shape index (κ3) is 3.44. The summed E-state index contributed by atoms with van der Waals surface area (Å²) in [6, 6.07) is 2.18. The van der Waals surface area contributed by atoms with Gasteiger partial charge in [-0.25, -0.2) is 14.8 Å². The average Bonchev–Trinajstić information content (AvgIpc) is 3.36. The molecule has 0 spiro atoms. The first-order chi connectivity index (χ1) is 13.6. The van der Waals surface area contributed by atoms with Crippen molar-refractivity contribution in [2.24, 2.45) is 5.92 Å². The largest absolute Gasteiger partial charge is 0.466 e. The van der Waals surface area contributed by atoms with E-state index in [9.17, 15) is 4.79 Å². The van der Waals surface area contributed by atoms with E-state index < -0.39 is 0 Å². The Morgan fingerprint density at radius 3 is 3.11 bits per heavy atom. The van der Waals surface area contributed by atoms with Gasteiger partial charge in [0.2, 0.25) is 5.13 Å². The summed E-state index contributed by atoms with van der Waals surface area (Å²) in [7, 11) is 3.52. The predicted octanol–water partition coefficient (Wildman–Crippen LogP) is 2.20. The number of carbonyl (C=O) groups excluding carboxylic acids is 1. The Hall–Kier alpha value is -2.95. The normalized spacial score (nSPS) is 19.6. The molecule has 1 fully saturated rings. The van der Waals surface area contributed by atoms with Crippen LogP contribution in [0.15, 0.2) is 18.6 Å². The maximum absolute atomic E-state index is 12.7. The van der Waals surface area contributed by atoms with Crippen LogP contribution in [0.2, 0.25) is 0 Å². The van der Waals surface area contributed by atoms with E-state index in [0.29, 0.717) is 24.1 Å². The van der Waals surface area contributed by atoms with E-state index in [1.807, 2.05) is 24.2 Å². The van der Waals surface area contributed by atoms with Gasteiger partial charge in [0.05, 0.1) is 18.5 Å². The molecular formula is C17H22N8O2S. The van der Waals surface area contributed by atoms with Gasteiger partial charge in [-0.1, -0.05) is 6.92 Å². The Morgan fingerprint density at radius 1 is 1.46 bits per heavy atom. The molecule has 11 heteroatoms. The lowest BCUT2D eigenvalue weighted by atomic mass is 9.92. The van der Waals surface area contributed by atoms with Gasteiger partial charge in [0, 0.05) is 37.9 Å². The second-order valence-electron chi connectivity index (χ2n) is 6.84. The number of fused-ring (bicyclic) bond motifs is 1. The van der Waals surface area contributed by atoms with E-state index in [2.05, 4.69) is 41.4 Å². The fraction of sp³-hybridized carbons (Fsp3) is 0.471. The number of nitrogens with one attached hydrogen (secondary N) is 2. The van der Waals surface area contributed by atoms with Crippen molar-refractivity contribution in [2.75, 3.05) is 37.5 Å². The van der Waals surface area contributed by atoms with Gasteiger partial charge in [-0.2, -0.15) is 4.98 Å². The molecule has 3 aromatic heterocycles. The van der Waals surface area contributed by atoms with Crippen LogP contribution in [-0.2, 0) is 0 Å². The van der Waals surface area contributed by atoms with Crippen molar-refractivity contribution in [2.45, 2.75) is 19.4 Å². The van der Waals surface area contributed by atoms with Crippen molar-refractivity contribution in [3.63, 3.8) is 0 Å². The molecule has 4 rings (SSSR count). The molecule has 0 radical (unpaired) electrons. The number of H-pyrrole nitrogens is 1. The number of urea groups is 1. The highest BCUT2D eigenvalue weighted by atomic mass is 32.1. The van der Waals surface area contributed by atoms with Crippen molar-refractivity contribution in [1.82, 2.24) is 29.2 Å². The molecule has 2 amide bonds. The molecule has 1 saturated heterocycles. The van der Waals surface area contributed by atoms with Gasteiger partial charge in [-0.15, -0.1) is 4.37 Å². The van der Waals surface area contributed by atoms with E-state index in [-0.39, 0.29) is 18.1 Å². The van der Waals surface area contributed by atoms with Gasteiger partial charge in [-0.3, -0.25) is 5.32 Å². The molecule has 10 nitrogen and oxygen atoms in total. The lowest BCUT2D eigenvalue weighted by Crippen LogP contribution is -2.53. The molecule has 0 unspecified atom stereocenters. The van der Waals surface area contributed by atoms with E-state index in [4.69, 9.17) is 4.74 Å². The third-order valence-corrected chi connectivity index (χ3v) is 5.79. The van der Waals surface area contributed by atoms with Gasteiger partial charge >= 0.3 is 12.0 Å². The van der Waals surface area contributed by atoms with E-state index in [0.717, 1.165) is 34.8 Å². The Labute approximate surface area is 166 Å². The predicted molar refractivity (Wildman–Crippen MR) is 107 cm³/mol. The SMILES string of the molecule is COc1nsc(NC(=O)N2CC[C@@H](C)[C@@H](N(C)c3ncnc4[nH]ccc34)C2)n1. The molecule has 28 heavy (non-hydrogen) atoms. The van der Waals surface area contributed by atoms with Crippen LogP contribution in [0.25, 0.3) is 11.0 Å². The summed E-state index contributed by atoms with van der Waals surface area (Å²) in [6.07, 6.45) is 4.33. The molecule has 2 atom stereocenters. The first-order valence-corrected chi connectivity index (χ1v) is 9.78. The van der Waals surface area contributed by atoms with Gasteiger partial charge in [-0.05, 0) is 18.4 Å². The highest BCUT2D eigenvalue weighted by Gasteiger charge is 2.33. The number of carbonyl (C=O) groups is 1. The smallest absolute Gasteiger partial charge is 0.329 e. The van der Waals surface area contributed by atoms with Crippen LogP contribution in [0.1, 0.15) is 13.3 Å². The number of hydrogen-bond acceptors (Lipinski definition) is 8. The number of ether oxygens (including phenoxy) is 1. The van der Waals surface area contributed by atoms with Gasteiger partial charge in [0.25, 0.3) is 0 Å². The van der Waals surface area contributed by atoms with Crippen molar-refractivity contribution in [3.8, 4) is 6.01 Å². The molecule has 0 saturated carbocycles. The van der Waals surface area contributed by atoms with Crippen LogP contribution in [0.4, 0.5) is 15.7 Å². The number of nitrogens with zero attached hydrogens (tertiary/aromatic N) is 6. The number of likely N-dealkylation sites (N-methyl/N-ethyl adjacent to an activating group) is 1. The van der Waals surface area contributed by atoms with Crippen LogP contribution < -0.4 is 15.0 Å². The quantitative estimate of drug-likeness (QED) is 0.688. The fourth-order valence-electron chi connectivity index (χ4n) is 3.55. The van der Waals surface area contributed by atoms with Crippen molar-refractivity contribution >= 4 is 39.5 Å². The second-order valence-corrected chi connectivity index (χ2v) is 7.60. The van der Waals surface area contributed by atoms with E-state index >= 15 is 0 Å². The van der Waals surface area contributed by atoms with Crippen LogP contribution in [-0.4, -0.2) is 68.5 Å². The summed E-state index contributed by atoms with van der Waals surface area (Å²) in [5.74, 6) is 1.28. The number of methoxy groups -OCH3 is 1. The Balaban J connectivity index is 1.49. The Bertz CT molecular complexity index is 973. The molecular weight excluding hydrogens is 380 g/mol. The number of aromatic amines is 1. The molecule has 1 aliphatic heterocycles. The lowest BCUT2D eigenvalue weighted by molar-refractivity contribution is 0.172. The molecule has 0 aromatic carbocycles. The highest BCUT2D eigenvalue weighted by Crippen LogP contribution is 2.29. The Kier molecular flexibility index (Phi) is 4.99. The standard InChI is InChI=1S/C17H22N8O2S/c1-10-5-7-25(17(26)22-16-21-15(27-3)23-28-16)8-12(10)24(2)14-11-4-6-18-13(11)19-9-20-14/h4,6,9-10,12H,5,7-8H2,1-3H3,(H,18,19,20)(H,21,22,23,26)/t10-,12+/m1/s1. The highest BCUT2D eigenvalue weighted by molar-refractivity contribution is 7.10. The first-order valence-electron chi connectivity index (χ1n) is 9.01. The fourth-order valence-corrected chi connectivity index (χ4v) is 4.08. The topological polar surface area (TPSA) is 112 Å². The maximum Gasteiger partial charge on any atom is 0.329 e. The van der Waals surface area contributed by atoms with Crippen LogP contribution >= 0.6 is 11.5 Å². The Morgan fingerprint density at radius 2 is 2.32 bits per heavy atom. The minimum absolute atomic E-state index is 0.136. The zero-order valence-electron chi connectivity index (χ0n) is 15.9. The second kappa shape index (κ2) is 7.58. The maximum atomic E-state index is 12.7. The monoisotopic (exact) mass is 402 g/mol. The summed E-state index contributed by atoms with van der Waals surface area (Å²) < 4.78 is 8.97. The third-order valence-electron chi connectivity index (χ3n) is 5.17.